The molecule has 4 fully saturated rings. The monoisotopic (exact) mass is 908 g/mol. The maximum atomic E-state index is 13.3. The van der Waals surface area contributed by atoms with Crippen molar-refractivity contribution in [2.24, 2.45) is 17.8 Å². The molecule has 0 radical (unpaired) electrons. The Morgan fingerprint density at radius 2 is 1.62 bits per heavy atom. The van der Waals surface area contributed by atoms with Crippen LogP contribution in [0.3, 0.4) is 0 Å². The lowest BCUT2D eigenvalue weighted by Gasteiger charge is -2.42. The molecule has 0 aromatic carbocycles. The summed E-state index contributed by atoms with van der Waals surface area (Å²) in [4.78, 5) is 92.1. The van der Waals surface area contributed by atoms with E-state index in [2.05, 4.69) is 53.4 Å². The molecule has 3 saturated heterocycles. The third-order valence-corrected chi connectivity index (χ3v) is 13.1. The predicted molar refractivity (Wildman–Crippen MR) is 235 cm³/mol. The normalized spacial score (nSPS) is 27.4. The molecule has 19 heteroatoms. The Balaban J connectivity index is 1.24. The SMILES string of the molecule is CO[C@@H]1[C@H](OC(=O)N[C@@H](COC(=O)CNC(=O)[C@H](CCSC)NC(=O)CNC(=O)[C@H](CC(C)C)NC(=O)[C@@H]2CCCN2C(C)=O)C(C)C)CC[C@]2(CO2)[C@H]1[C@]1(C)O[C@@H]1CC=C(C)C. The van der Waals surface area contributed by atoms with Crippen LogP contribution in [0.4, 0.5) is 4.79 Å². The van der Waals surface area contributed by atoms with Crippen molar-refractivity contribution in [3.05, 3.63) is 11.6 Å². The number of rotatable bonds is 23. The highest BCUT2D eigenvalue weighted by Gasteiger charge is 2.72. The van der Waals surface area contributed by atoms with Gasteiger partial charge in [-0.15, -0.1) is 0 Å². The summed E-state index contributed by atoms with van der Waals surface area (Å²) in [6, 6.07) is -3.22. The first-order chi connectivity index (χ1) is 29.7. The average Bonchev–Trinajstić information content (AvgIpc) is 4.07. The summed E-state index contributed by atoms with van der Waals surface area (Å²) < 4.78 is 29.7. The van der Waals surface area contributed by atoms with Gasteiger partial charge in [-0.25, -0.2) is 4.79 Å². The quantitative estimate of drug-likeness (QED) is 0.0564. The topological polar surface area (TPSA) is 236 Å². The first kappa shape index (κ1) is 51.7. The van der Waals surface area contributed by atoms with E-state index in [4.69, 9.17) is 23.7 Å². The van der Waals surface area contributed by atoms with Crippen LogP contribution in [-0.4, -0.2) is 152 Å². The van der Waals surface area contributed by atoms with Crippen LogP contribution in [0.5, 0.6) is 0 Å². The smallest absolute Gasteiger partial charge is 0.407 e. The molecule has 356 valence electrons. The number of hydrogen-bond acceptors (Lipinski definition) is 13. The minimum Gasteiger partial charge on any atom is -0.462 e. The number of alkyl carbamates (subject to hydrolysis) is 1. The van der Waals surface area contributed by atoms with E-state index < -0.39 is 90.8 Å². The van der Waals surface area contributed by atoms with E-state index in [9.17, 15) is 33.6 Å². The summed E-state index contributed by atoms with van der Waals surface area (Å²) in [6.45, 7) is 15.0. The lowest BCUT2D eigenvalue weighted by molar-refractivity contribution is -0.145. The fraction of sp³-hybridized carbons (Fsp3) is 0.795. The summed E-state index contributed by atoms with van der Waals surface area (Å²) in [6.07, 6.45) is 6.07. The zero-order valence-corrected chi connectivity index (χ0v) is 39.6. The third kappa shape index (κ3) is 14.5. The van der Waals surface area contributed by atoms with Gasteiger partial charge in [0.05, 0.1) is 31.2 Å². The van der Waals surface area contributed by atoms with Crippen molar-refractivity contribution in [2.75, 3.05) is 52.0 Å². The molecule has 0 unspecified atom stereocenters. The number of likely N-dealkylation sites (tertiary alicyclic amines) is 1. The highest BCUT2D eigenvalue weighted by molar-refractivity contribution is 7.98. The van der Waals surface area contributed by atoms with Gasteiger partial charge in [0.1, 0.15) is 54.7 Å². The second-order valence-electron chi connectivity index (χ2n) is 18.4. The molecule has 1 spiro atoms. The zero-order valence-electron chi connectivity index (χ0n) is 38.8. The number of methoxy groups -OCH3 is 1. The van der Waals surface area contributed by atoms with Crippen molar-refractivity contribution in [2.45, 2.75) is 154 Å². The Morgan fingerprint density at radius 1 is 0.937 bits per heavy atom. The number of amides is 6. The van der Waals surface area contributed by atoms with Crippen molar-refractivity contribution in [1.82, 2.24) is 31.5 Å². The molecule has 3 heterocycles. The molecule has 0 bridgehead atoms. The molecule has 1 aliphatic carbocycles. The minimum absolute atomic E-state index is 0.00789. The lowest BCUT2D eigenvalue weighted by Crippen LogP contribution is -2.56. The van der Waals surface area contributed by atoms with Gasteiger partial charge in [-0.05, 0) is 89.6 Å². The summed E-state index contributed by atoms with van der Waals surface area (Å²) >= 11 is 1.46. The Hall–Kier alpha value is -3.94. The molecular formula is C44H72N6O12S. The van der Waals surface area contributed by atoms with Gasteiger partial charge >= 0.3 is 12.1 Å². The van der Waals surface area contributed by atoms with Crippen LogP contribution in [0, 0.1) is 17.8 Å². The van der Waals surface area contributed by atoms with E-state index in [0.29, 0.717) is 51.0 Å². The maximum absolute atomic E-state index is 13.3. The number of ether oxygens (including phenoxy) is 5. The standard InChI is InChI=1S/C44H72N6O12S/c1-25(2)13-14-34-43(8,62-34)38-37(58-9)33(15-17-44(38)24-60-44)61-42(57)49-31(27(5)6)23-59-36(53)22-46-39(54)29(16-19-63-10)47-35(52)21-45-40(55)30(20-26(3)4)48-41(56)32-12-11-18-50(32)28(7)51/h13,26-27,29-34,37-38H,11-12,14-24H2,1-10H3,(H,45,55)(H,46,54)(H,47,52)(H,48,56)(H,49,57)/t29-,30-,31-,32-,33+,34+,37+,38+,43+,44-/m0/s1. The van der Waals surface area contributed by atoms with E-state index in [-0.39, 0.29) is 48.4 Å². The van der Waals surface area contributed by atoms with E-state index in [1.807, 2.05) is 34.0 Å². The van der Waals surface area contributed by atoms with E-state index in [1.165, 1.54) is 29.2 Å². The fourth-order valence-electron chi connectivity index (χ4n) is 8.74. The van der Waals surface area contributed by atoms with Crippen molar-refractivity contribution < 1.29 is 57.2 Å². The van der Waals surface area contributed by atoms with Gasteiger partial charge in [0, 0.05) is 20.6 Å². The number of epoxide rings is 2. The molecule has 0 aromatic rings. The largest absolute Gasteiger partial charge is 0.462 e. The van der Waals surface area contributed by atoms with E-state index in [0.717, 1.165) is 6.42 Å². The number of nitrogens with one attached hydrogen (secondary N) is 5. The Bertz CT molecular complexity index is 1670. The van der Waals surface area contributed by atoms with Gasteiger partial charge in [0.2, 0.25) is 29.5 Å². The van der Waals surface area contributed by atoms with Crippen molar-refractivity contribution in [3.63, 3.8) is 0 Å². The summed E-state index contributed by atoms with van der Waals surface area (Å²) in [5.74, 6) is -2.96. The van der Waals surface area contributed by atoms with Crippen LogP contribution >= 0.6 is 11.8 Å². The molecular weight excluding hydrogens is 837 g/mol. The molecule has 5 N–H and O–H groups in total. The Kier molecular flexibility index (Phi) is 19.1. The van der Waals surface area contributed by atoms with Crippen LogP contribution in [0.2, 0.25) is 0 Å². The lowest BCUT2D eigenvalue weighted by atomic mass is 9.68. The number of esters is 1. The first-order valence-corrected chi connectivity index (χ1v) is 23.7. The zero-order chi connectivity index (χ0) is 46.6. The first-order valence-electron chi connectivity index (χ1n) is 22.3. The molecule has 4 rings (SSSR count). The number of thioether (sulfide) groups is 1. The van der Waals surface area contributed by atoms with Crippen LogP contribution in [0.15, 0.2) is 11.6 Å². The summed E-state index contributed by atoms with van der Waals surface area (Å²) in [5, 5.41) is 13.3. The highest BCUT2D eigenvalue weighted by atomic mass is 32.2. The highest BCUT2D eigenvalue weighted by Crippen LogP contribution is 2.59. The van der Waals surface area contributed by atoms with Crippen LogP contribution < -0.4 is 26.6 Å². The van der Waals surface area contributed by atoms with Crippen LogP contribution in [0.25, 0.3) is 0 Å². The van der Waals surface area contributed by atoms with Gasteiger partial charge in [0.25, 0.3) is 0 Å². The Morgan fingerprint density at radius 3 is 2.22 bits per heavy atom. The van der Waals surface area contributed by atoms with E-state index in [1.54, 1.807) is 7.11 Å². The predicted octanol–water partition coefficient (Wildman–Crippen LogP) is 2.37. The van der Waals surface area contributed by atoms with Gasteiger partial charge in [-0.2, -0.15) is 11.8 Å². The van der Waals surface area contributed by atoms with Crippen molar-refractivity contribution in [1.29, 1.82) is 0 Å². The summed E-state index contributed by atoms with van der Waals surface area (Å²) in [7, 11) is 1.61. The van der Waals surface area contributed by atoms with Crippen LogP contribution in [0.1, 0.15) is 100 Å². The average molecular weight is 909 g/mol. The number of hydrogen-bond donors (Lipinski definition) is 5. The summed E-state index contributed by atoms with van der Waals surface area (Å²) in [5.41, 5.74) is 0.354. The van der Waals surface area contributed by atoms with Gasteiger partial charge in [-0.3, -0.25) is 28.8 Å². The molecule has 3 aliphatic heterocycles. The number of carbonyl (C=O) groups is 7. The number of allylic oxidation sites excluding steroid dienone is 1. The second-order valence-corrected chi connectivity index (χ2v) is 19.4. The number of nitrogens with zero attached hydrogens (tertiary/aromatic N) is 1. The Labute approximate surface area is 376 Å². The fourth-order valence-corrected chi connectivity index (χ4v) is 9.21. The van der Waals surface area contributed by atoms with Crippen molar-refractivity contribution >= 4 is 53.4 Å². The van der Waals surface area contributed by atoms with E-state index >= 15 is 0 Å². The van der Waals surface area contributed by atoms with Crippen LogP contribution in [-0.2, 0) is 52.5 Å². The molecule has 18 nitrogen and oxygen atoms in total. The minimum atomic E-state index is -1.02. The molecule has 6 amide bonds. The second kappa shape index (κ2) is 23.3. The van der Waals surface area contributed by atoms with Gasteiger partial charge in [-0.1, -0.05) is 39.3 Å². The molecule has 10 atom stereocenters. The van der Waals surface area contributed by atoms with Crippen molar-refractivity contribution in [3.8, 4) is 0 Å². The van der Waals surface area contributed by atoms with Gasteiger partial charge in [0.15, 0.2) is 0 Å². The number of carbonyl (C=O) groups excluding carboxylic acids is 7. The molecule has 63 heavy (non-hydrogen) atoms. The molecule has 1 saturated carbocycles. The third-order valence-electron chi connectivity index (χ3n) is 12.4. The maximum Gasteiger partial charge on any atom is 0.407 e. The molecule has 0 aromatic heterocycles. The molecule has 4 aliphatic rings. The van der Waals surface area contributed by atoms with Gasteiger partial charge < -0.3 is 55.2 Å².